The molecule has 114 valence electrons. The zero-order valence-electron chi connectivity index (χ0n) is 12.9. The Morgan fingerprint density at radius 2 is 1.85 bits per heavy atom. The van der Waals surface area contributed by atoms with Crippen LogP contribution in [0.15, 0.2) is 18.2 Å². The molecular weight excluding hydrogens is 255 g/mol. The van der Waals surface area contributed by atoms with E-state index in [4.69, 9.17) is 10.5 Å². The van der Waals surface area contributed by atoms with Crippen LogP contribution < -0.4 is 5.73 Å². The third kappa shape index (κ3) is 5.19. The van der Waals surface area contributed by atoms with E-state index < -0.39 is 0 Å². The second-order valence-corrected chi connectivity index (χ2v) is 5.11. The lowest BCUT2D eigenvalue weighted by atomic mass is 10.1. The number of benzene rings is 1. The number of hydrogen-bond donors (Lipinski definition) is 1. The van der Waals surface area contributed by atoms with Gasteiger partial charge in [0.05, 0.1) is 6.61 Å². The quantitative estimate of drug-likeness (QED) is 0.757. The van der Waals surface area contributed by atoms with Crippen molar-refractivity contribution >= 4 is 0 Å². The van der Waals surface area contributed by atoms with E-state index >= 15 is 0 Å². The first-order valence-corrected chi connectivity index (χ1v) is 7.35. The molecule has 20 heavy (non-hydrogen) atoms. The van der Waals surface area contributed by atoms with Crippen LogP contribution in [-0.2, 0) is 17.8 Å². The van der Waals surface area contributed by atoms with E-state index in [1.807, 2.05) is 6.07 Å². The Morgan fingerprint density at radius 3 is 2.40 bits per heavy atom. The zero-order valence-corrected chi connectivity index (χ0v) is 12.9. The molecule has 0 bridgehead atoms. The summed E-state index contributed by atoms with van der Waals surface area (Å²) in [5.74, 6) is -0.209. The largest absolute Gasteiger partial charge is 0.383 e. The van der Waals surface area contributed by atoms with Gasteiger partial charge in [0.2, 0.25) is 0 Å². The molecule has 3 nitrogen and oxygen atoms in total. The summed E-state index contributed by atoms with van der Waals surface area (Å²) < 4.78 is 18.8. The van der Waals surface area contributed by atoms with Crippen molar-refractivity contribution in [1.29, 1.82) is 0 Å². The number of rotatable bonds is 9. The molecule has 0 aromatic heterocycles. The van der Waals surface area contributed by atoms with Gasteiger partial charge in [-0.25, -0.2) is 4.39 Å². The summed E-state index contributed by atoms with van der Waals surface area (Å²) in [6.07, 6.45) is 2.17. The van der Waals surface area contributed by atoms with E-state index in [-0.39, 0.29) is 5.82 Å². The first-order valence-electron chi connectivity index (χ1n) is 7.35. The molecule has 4 heteroatoms. The van der Waals surface area contributed by atoms with Crippen molar-refractivity contribution in [2.75, 3.05) is 20.3 Å². The summed E-state index contributed by atoms with van der Waals surface area (Å²) in [5.41, 5.74) is 7.43. The second-order valence-electron chi connectivity index (χ2n) is 5.11. The highest BCUT2D eigenvalue weighted by molar-refractivity contribution is 5.24. The molecule has 0 amide bonds. The van der Waals surface area contributed by atoms with E-state index in [9.17, 15) is 4.39 Å². The van der Waals surface area contributed by atoms with Gasteiger partial charge in [-0.1, -0.05) is 19.9 Å². The number of nitrogens with zero attached hydrogens (tertiary/aromatic N) is 1. The molecule has 0 atom stereocenters. The van der Waals surface area contributed by atoms with E-state index in [0.717, 1.165) is 37.1 Å². The maximum atomic E-state index is 13.6. The molecule has 1 aromatic rings. The fraction of sp³-hybridized carbons (Fsp3) is 0.625. The number of nitrogens with two attached hydrogens (primary N) is 1. The van der Waals surface area contributed by atoms with Crippen molar-refractivity contribution in [2.24, 2.45) is 5.73 Å². The number of ether oxygens (including phenoxy) is 1. The summed E-state index contributed by atoms with van der Waals surface area (Å²) >= 11 is 0. The zero-order chi connectivity index (χ0) is 15.0. The second kappa shape index (κ2) is 9.06. The van der Waals surface area contributed by atoms with Crippen molar-refractivity contribution < 1.29 is 9.13 Å². The fourth-order valence-corrected chi connectivity index (χ4v) is 2.57. The van der Waals surface area contributed by atoms with Crippen molar-refractivity contribution in [3.63, 3.8) is 0 Å². The van der Waals surface area contributed by atoms with Gasteiger partial charge in [0.25, 0.3) is 0 Å². The molecule has 0 aliphatic carbocycles. The average molecular weight is 282 g/mol. The summed E-state index contributed by atoms with van der Waals surface area (Å²) in [5, 5.41) is 0. The van der Waals surface area contributed by atoms with Gasteiger partial charge >= 0.3 is 0 Å². The fourth-order valence-electron chi connectivity index (χ4n) is 2.57. The van der Waals surface area contributed by atoms with Gasteiger partial charge in [-0.2, -0.15) is 0 Å². The minimum atomic E-state index is -0.209. The molecular formula is C16H27FN2O. The lowest BCUT2D eigenvalue weighted by molar-refractivity contribution is 0.110. The molecule has 0 saturated heterocycles. The molecule has 0 saturated carbocycles. The van der Waals surface area contributed by atoms with Crippen LogP contribution in [0.1, 0.15) is 37.8 Å². The molecule has 0 aliphatic rings. The van der Waals surface area contributed by atoms with Gasteiger partial charge in [0, 0.05) is 32.8 Å². The Kier molecular flexibility index (Phi) is 7.73. The van der Waals surface area contributed by atoms with Gasteiger partial charge in [0.1, 0.15) is 5.82 Å². The number of halogens is 1. The topological polar surface area (TPSA) is 38.5 Å². The van der Waals surface area contributed by atoms with Crippen LogP contribution >= 0.6 is 0 Å². The molecule has 0 aliphatic heterocycles. The molecule has 2 N–H and O–H groups in total. The Morgan fingerprint density at radius 1 is 1.20 bits per heavy atom. The minimum Gasteiger partial charge on any atom is -0.383 e. The maximum Gasteiger partial charge on any atom is 0.123 e. The third-order valence-corrected chi connectivity index (χ3v) is 3.68. The summed E-state index contributed by atoms with van der Waals surface area (Å²) in [7, 11) is 1.71. The first kappa shape index (κ1) is 17.1. The highest BCUT2D eigenvalue weighted by Crippen LogP contribution is 2.16. The molecule has 0 fully saturated rings. The third-order valence-electron chi connectivity index (χ3n) is 3.68. The highest BCUT2D eigenvalue weighted by atomic mass is 19.1. The molecule has 0 heterocycles. The smallest absolute Gasteiger partial charge is 0.123 e. The van der Waals surface area contributed by atoms with E-state index in [0.29, 0.717) is 19.2 Å². The summed E-state index contributed by atoms with van der Waals surface area (Å²) in [6.45, 7) is 7.02. The van der Waals surface area contributed by atoms with Crippen LogP contribution in [0.5, 0.6) is 0 Å². The Balaban J connectivity index is 2.84. The van der Waals surface area contributed by atoms with Gasteiger partial charge < -0.3 is 10.5 Å². The van der Waals surface area contributed by atoms with Crippen molar-refractivity contribution in [3.05, 3.63) is 35.1 Å². The van der Waals surface area contributed by atoms with E-state index in [2.05, 4.69) is 18.7 Å². The predicted molar refractivity (Wildman–Crippen MR) is 80.9 cm³/mol. The Bertz CT molecular complexity index is 394. The minimum absolute atomic E-state index is 0.209. The molecule has 1 aromatic carbocycles. The van der Waals surface area contributed by atoms with Crippen molar-refractivity contribution in [1.82, 2.24) is 4.90 Å². The molecule has 1 rings (SSSR count). The lowest BCUT2D eigenvalue weighted by Gasteiger charge is -2.30. The van der Waals surface area contributed by atoms with Crippen LogP contribution in [0.2, 0.25) is 0 Å². The Hall–Kier alpha value is -0.970. The average Bonchev–Trinajstić information content (AvgIpc) is 2.45. The van der Waals surface area contributed by atoms with Gasteiger partial charge in [0.15, 0.2) is 0 Å². The van der Waals surface area contributed by atoms with Crippen LogP contribution in [-0.4, -0.2) is 31.2 Å². The SMILES string of the molecule is CCC(CC)N(CCOC)Cc1cc(F)cc(CN)c1. The summed E-state index contributed by atoms with van der Waals surface area (Å²) in [4.78, 5) is 2.36. The molecule has 0 radical (unpaired) electrons. The standard InChI is InChI=1S/C16H27FN2O/c1-4-16(5-2)19(6-7-20-3)12-14-8-13(11-18)9-15(17)10-14/h8-10,16H,4-7,11-12,18H2,1-3H3. The monoisotopic (exact) mass is 282 g/mol. The van der Waals surface area contributed by atoms with Crippen molar-refractivity contribution in [2.45, 2.75) is 45.8 Å². The van der Waals surface area contributed by atoms with Gasteiger partial charge in [-0.3, -0.25) is 4.90 Å². The van der Waals surface area contributed by atoms with Crippen molar-refractivity contribution in [3.8, 4) is 0 Å². The Labute approximate surface area is 121 Å². The van der Waals surface area contributed by atoms with Crippen LogP contribution in [0.3, 0.4) is 0 Å². The molecule has 0 unspecified atom stereocenters. The van der Waals surface area contributed by atoms with Crippen LogP contribution in [0.25, 0.3) is 0 Å². The number of hydrogen-bond acceptors (Lipinski definition) is 3. The van der Waals surface area contributed by atoms with Crippen LogP contribution in [0.4, 0.5) is 4.39 Å². The van der Waals surface area contributed by atoms with Crippen LogP contribution in [0, 0.1) is 5.82 Å². The van der Waals surface area contributed by atoms with Gasteiger partial charge in [-0.05, 0) is 36.1 Å². The summed E-state index contributed by atoms with van der Waals surface area (Å²) in [6, 6.07) is 5.59. The predicted octanol–water partition coefficient (Wildman–Crippen LogP) is 2.92. The normalized spacial score (nSPS) is 11.6. The molecule has 0 spiro atoms. The highest BCUT2D eigenvalue weighted by Gasteiger charge is 2.15. The number of methoxy groups -OCH3 is 1. The first-order chi connectivity index (χ1) is 9.64. The maximum absolute atomic E-state index is 13.6. The van der Waals surface area contributed by atoms with E-state index in [1.54, 1.807) is 13.2 Å². The lowest BCUT2D eigenvalue weighted by Crippen LogP contribution is -2.36. The van der Waals surface area contributed by atoms with E-state index in [1.165, 1.54) is 6.07 Å². The van der Waals surface area contributed by atoms with Gasteiger partial charge in [-0.15, -0.1) is 0 Å².